The fourth-order valence-corrected chi connectivity index (χ4v) is 2.21. The van der Waals surface area contributed by atoms with Crippen molar-refractivity contribution in [1.82, 2.24) is 5.32 Å². The zero-order chi connectivity index (χ0) is 16.1. The van der Waals surface area contributed by atoms with Crippen LogP contribution in [0.5, 0.6) is 0 Å². The number of allylic oxidation sites excluding steroid dienone is 5. The summed E-state index contributed by atoms with van der Waals surface area (Å²) in [5.74, 6) is 0.190. The number of nitrogens with one attached hydrogen (secondary N) is 1. The van der Waals surface area contributed by atoms with Crippen LogP contribution in [0.1, 0.15) is 47.0 Å². The largest absolute Gasteiger partial charge is 0.366 e. The van der Waals surface area contributed by atoms with Gasteiger partial charge < -0.3 is 4.74 Å². The minimum Gasteiger partial charge on any atom is -0.366 e. The summed E-state index contributed by atoms with van der Waals surface area (Å²) >= 11 is 0. The molecule has 0 heterocycles. The SMILES string of the molecule is C/C=C\C=C(\F)C(C)C(NCCCCC(C)/C=C\C)OC. The lowest BCUT2D eigenvalue weighted by molar-refractivity contribution is 0.0362. The second-order valence-corrected chi connectivity index (χ2v) is 5.48. The maximum Gasteiger partial charge on any atom is 0.116 e. The Labute approximate surface area is 130 Å². The number of hydrogen-bond acceptors (Lipinski definition) is 2. The van der Waals surface area contributed by atoms with Crippen LogP contribution in [0.2, 0.25) is 0 Å². The Morgan fingerprint density at radius 1 is 1.19 bits per heavy atom. The van der Waals surface area contributed by atoms with Crippen LogP contribution in [-0.4, -0.2) is 19.9 Å². The van der Waals surface area contributed by atoms with E-state index in [2.05, 4.69) is 31.3 Å². The molecule has 0 fully saturated rings. The monoisotopic (exact) mass is 297 g/mol. The van der Waals surface area contributed by atoms with E-state index in [-0.39, 0.29) is 18.0 Å². The molecule has 0 saturated heterocycles. The summed E-state index contributed by atoms with van der Waals surface area (Å²) in [4.78, 5) is 0. The molecule has 0 radical (unpaired) electrons. The second-order valence-electron chi connectivity index (χ2n) is 5.48. The molecule has 3 heteroatoms. The van der Waals surface area contributed by atoms with Gasteiger partial charge in [0.2, 0.25) is 0 Å². The predicted octanol–water partition coefficient (Wildman–Crippen LogP) is 5.00. The molecule has 0 spiro atoms. The van der Waals surface area contributed by atoms with Crippen LogP contribution in [-0.2, 0) is 4.74 Å². The van der Waals surface area contributed by atoms with Gasteiger partial charge in [-0.05, 0) is 45.2 Å². The molecule has 2 nitrogen and oxygen atoms in total. The number of unbranched alkanes of at least 4 members (excludes halogenated alkanes) is 1. The average molecular weight is 297 g/mol. The summed E-state index contributed by atoms with van der Waals surface area (Å²) in [6.07, 6.45) is 12.5. The Morgan fingerprint density at radius 2 is 1.90 bits per heavy atom. The van der Waals surface area contributed by atoms with Gasteiger partial charge in [0, 0.05) is 13.0 Å². The minimum atomic E-state index is -0.284. The van der Waals surface area contributed by atoms with Crippen molar-refractivity contribution in [2.45, 2.75) is 53.2 Å². The third-order valence-electron chi connectivity index (χ3n) is 3.54. The highest BCUT2D eigenvalue weighted by Gasteiger charge is 2.19. The molecular formula is C18H32FNO. The van der Waals surface area contributed by atoms with Crippen LogP contribution in [0, 0.1) is 11.8 Å². The molecule has 21 heavy (non-hydrogen) atoms. The topological polar surface area (TPSA) is 21.3 Å². The molecule has 0 aromatic carbocycles. The number of methoxy groups -OCH3 is 1. The summed E-state index contributed by atoms with van der Waals surface area (Å²) in [6, 6.07) is 0. The summed E-state index contributed by atoms with van der Waals surface area (Å²) in [5, 5.41) is 3.29. The van der Waals surface area contributed by atoms with E-state index in [4.69, 9.17) is 4.74 Å². The van der Waals surface area contributed by atoms with Gasteiger partial charge in [-0.2, -0.15) is 0 Å². The highest BCUT2D eigenvalue weighted by molar-refractivity contribution is 5.09. The van der Waals surface area contributed by atoms with Crippen LogP contribution in [0.4, 0.5) is 4.39 Å². The van der Waals surface area contributed by atoms with E-state index in [1.165, 1.54) is 18.9 Å². The molecule has 3 atom stereocenters. The van der Waals surface area contributed by atoms with Gasteiger partial charge in [-0.3, -0.25) is 5.32 Å². The van der Waals surface area contributed by atoms with Gasteiger partial charge in [-0.15, -0.1) is 0 Å². The van der Waals surface area contributed by atoms with Crippen molar-refractivity contribution in [2.75, 3.05) is 13.7 Å². The summed E-state index contributed by atoms with van der Waals surface area (Å²) in [6.45, 7) is 8.84. The number of hydrogen-bond donors (Lipinski definition) is 1. The van der Waals surface area contributed by atoms with Gasteiger partial charge in [0.05, 0.1) is 0 Å². The van der Waals surface area contributed by atoms with Crippen molar-refractivity contribution in [1.29, 1.82) is 0 Å². The van der Waals surface area contributed by atoms with Crippen LogP contribution >= 0.6 is 0 Å². The highest BCUT2D eigenvalue weighted by Crippen LogP contribution is 2.17. The van der Waals surface area contributed by atoms with Gasteiger partial charge in [-0.1, -0.05) is 44.6 Å². The Kier molecular flexibility index (Phi) is 12.2. The lowest BCUT2D eigenvalue weighted by atomic mass is 10.0. The lowest BCUT2D eigenvalue weighted by Crippen LogP contribution is -2.37. The van der Waals surface area contributed by atoms with Crippen molar-refractivity contribution in [3.63, 3.8) is 0 Å². The first kappa shape index (κ1) is 20.1. The van der Waals surface area contributed by atoms with E-state index in [9.17, 15) is 4.39 Å². The van der Waals surface area contributed by atoms with Gasteiger partial charge >= 0.3 is 0 Å². The highest BCUT2D eigenvalue weighted by atomic mass is 19.1. The van der Waals surface area contributed by atoms with E-state index in [0.717, 1.165) is 13.0 Å². The molecule has 0 aliphatic heterocycles. The van der Waals surface area contributed by atoms with E-state index >= 15 is 0 Å². The Morgan fingerprint density at radius 3 is 2.48 bits per heavy atom. The van der Waals surface area contributed by atoms with Crippen molar-refractivity contribution in [3.8, 4) is 0 Å². The van der Waals surface area contributed by atoms with Gasteiger partial charge in [0.1, 0.15) is 12.1 Å². The van der Waals surface area contributed by atoms with Crippen molar-refractivity contribution in [3.05, 3.63) is 36.2 Å². The van der Waals surface area contributed by atoms with Gasteiger partial charge in [0.25, 0.3) is 0 Å². The fourth-order valence-electron chi connectivity index (χ4n) is 2.21. The summed E-state index contributed by atoms with van der Waals surface area (Å²) in [5.41, 5.74) is 0. The Hall–Kier alpha value is -0.930. The molecule has 0 rings (SSSR count). The number of halogens is 1. The van der Waals surface area contributed by atoms with Crippen molar-refractivity contribution < 1.29 is 9.13 Å². The van der Waals surface area contributed by atoms with E-state index in [0.29, 0.717) is 5.92 Å². The van der Waals surface area contributed by atoms with E-state index in [1.54, 1.807) is 13.2 Å². The first-order chi connectivity index (χ1) is 10.1. The average Bonchev–Trinajstić information content (AvgIpc) is 2.48. The normalized spacial score (nSPS) is 17.5. The summed E-state index contributed by atoms with van der Waals surface area (Å²) in [7, 11) is 1.62. The predicted molar refractivity (Wildman–Crippen MR) is 89.8 cm³/mol. The second kappa shape index (κ2) is 12.8. The van der Waals surface area contributed by atoms with Crippen molar-refractivity contribution in [2.24, 2.45) is 11.8 Å². The standard InChI is InChI=1S/C18H32FNO/c1-6-8-13-17(19)16(4)18(21-5)20-14-10-9-12-15(3)11-7-2/h6-8,11,13,15-16,18,20H,9-10,12,14H2,1-5H3/b8-6-,11-7-,17-13+. The smallest absolute Gasteiger partial charge is 0.116 e. The molecule has 1 N–H and O–H groups in total. The molecule has 0 saturated carbocycles. The Balaban J connectivity index is 4.04. The third kappa shape index (κ3) is 9.59. The molecule has 0 aliphatic carbocycles. The van der Waals surface area contributed by atoms with Gasteiger partial charge in [-0.25, -0.2) is 4.39 Å². The molecule has 0 bridgehead atoms. The third-order valence-corrected chi connectivity index (χ3v) is 3.54. The molecular weight excluding hydrogens is 265 g/mol. The maximum atomic E-state index is 13.9. The maximum absolute atomic E-state index is 13.9. The minimum absolute atomic E-state index is 0.158. The molecule has 3 unspecified atom stereocenters. The molecule has 0 aromatic heterocycles. The van der Waals surface area contributed by atoms with Crippen LogP contribution in [0.15, 0.2) is 36.2 Å². The van der Waals surface area contributed by atoms with Crippen molar-refractivity contribution >= 4 is 0 Å². The first-order valence-electron chi connectivity index (χ1n) is 7.94. The van der Waals surface area contributed by atoms with Gasteiger partial charge in [0.15, 0.2) is 0 Å². The quantitative estimate of drug-likeness (QED) is 0.251. The first-order valence-corrected chi connectivity index (χ1v) is 7.94. The van der Waals surface area contributed by atoms with E-state index < -0.39 is 0 Å². The molecule has 0 amide bonds. The van der Waals surface area contributed by atoms with Crippen LogP contribution < -0.4 is 5.32 Å². The number of rotatable bonds is 11. The van der Waals surface area contributed by atoms with Crippen LogP contribution in [0.25, 0.3) is 0 Å². The zero-order valence-corrected chi connectivity index (χ0v) is 14.2. The fraction of sp³-hybridized carbons (Fsp3) is 0.667. The molecule has 0 aromatic rings. The Bertz CT molecular complexity index is 336. The van der Waals surface area contributed by atoms with E-state index in [1.807, 2.05) is 19.9 Å². The molecule has 122 valence electrons. The number of ether oxygens (including phenoxy) is 1. The molecule has 0 aliphatic rings. The summed E-state index contributed by atoms with van der Waals surface area (Å²) < 4.78 is 19.2. The zero-order valence-electron chi connectivity index (χ0n) is 14.2. The lowest BCUT2D eigenvalue weighted by Gasteiger charge is -2.22. The van der Waals surface area contributed by atoms with Crippen LogP contribution in [0.3, 0.4) is 0 Å².